The van der Waals surface area contributed by atoms with E-state index in [9.17, 15) is 13.2 Å². The van der Waals surface area contributed by atoms with Gasteiger partial charge in [0.05, 0.1) is 18.3 Å². The Bertz CT molecular complexity index is 1050. The Balaban J connectivity index is 1.84. The van der Waals surface area contributed by atoms with E-state index in [1.807, 2.05) is 0 Å². The van der Waals surface area contributed by atoms with Gasteiger partial charge in [0.25, 0.3) is 5.91 Å². The van der Waals surface area contributed by atoms with Gasteiger partial charge in [0.2, 0.25) is 10.0 Å². The summed E-state index contributed by atoms with van der Waals surface area (Å²) in [6.07, 6.45) is 1.97. The maximum absolute atomic E-state index is 13.2. The molecule has 3 rings (SSSR count). The van der Waals surface area contributed by atoms with E-state index in [0.717, 1.165) is 19.4 Å². The van der Waals surface area contributed by atoms with Crippen molar-refractivity contribution >= 4 is 21.6 Å². The molecule has 0 radical (unpaired) electrons. The number of nitrogens with zero attached hydrogens (tertiary/aromatic N) is 1. The van der Waals surface area contributed by atoms with Crippen LogP contribution in [0.15, 0.2) is 47.4 Å². The van der Waals surface area contributed by atoms with Gasteiger partial charge in [-0.05, 0) is 50.1 Å². The van der Waals surface area contributed by atoms with Crippen molar-refractivity contribution in [1.29, 1.82) is 0 Å². The van der Waals surface area contributed by atoms with Crippen LogP contribution in [0.25, 0.3) is 0 Å². The Morgan fingerprint density at radius 3 is 2.52 bits per heavy atom. The van der Waals surface area contributed by atoms with Crippen molar-refractivity contribution < 1.29 is 27.4 Å². The quantitative estimate of drug-likeness (QED) is 0.528. The van der Waals surface area contributed by atoms with Gasteiger partial charge in [-0.1, -0.05) is 26.0 Å². The monoisotopic (exact) mass is 476 g/mol. The third kappa shape index (κ3) is 6.04. The molecule has 1 amide bonds. The standard InChI is InChI=1S/C24H32N2O6S/c1-4-26(5-2)33(28,29)23-16-18(13-14-22(23)30-6-3)25-24(27)20-11-7-8-12-21(20)32-17-19-10-9-15-31-19/h7-8,11-14,16,19H,4-6,9-10,15,17H2,1-3H3,(H,25,27). The summed E-state index contributed by atoms with van der Waals surface area (Å²) >= 11 is 0. The summed E-state index contributed by atoms with van der Waals surface area (Å²) in [5.41, 5.74) is 0.709. The maximum atomic E-state index is 13.2. The van der Waals surface area contributed by atoms with Crippen LogP contribution >= 0.6 is 0 Å². The van der Waals surface area contributed by atoms with Gasteiger partial charge in [-0.3, -0.25) is 4.79 Å². The van der Waals surface area contributed by atoms with Crippen LogP contribution in [0.2, 0.25) is 0 Å². The molecule has 2 aromatic rings. The third-order valence-electron chi connectivity index (χ3n) is 5.41. The SMILES string of the molecule is CCOc1ccc(NC(=O)c2ccccc2OCC2CCCO2)cc1S(=O)(=O)N(CC)CC. The number of hydrogen-bond acceptors (Lipinski definition) is 6. The Hall–Kier alpha value is -2.62. The minimum atomic E-state index is -3.78. The predicted molar refractivity (Wildman–Crippen MR) is 127 cm³/mol. The van der Waals surface area contributed by atoms with Crippen molar-refractivity contribution in [2.75, 3.05) is 38.2 Å². The molecule has 1 unspecified atom stereocenters. The normalized spacial score (nSPS) is 16.1. The van der Waals surface area contributed by atoms with Crippen LogP contribution in [0.4, 0.5) is 5.69 Å². The van der Waals surface area contributed by atoms with E-state index in [0.29, 0.717) is 43.3 Å². The number of hydrogen-bond donors (Lipinski definition) is 1. The molecule has 0 aromatic heterocycles. The fourth-order valence-corrected chi connectivity index (χ4v) is 5.32. The highest BCUT2D eigenvalue weighted by molar-refractivity contribution is 7.89. The van der Waals surface area contributed by atoms with Gasteiger partial charge in [0, 0.05) is 25.4 Å². The van der Waals surface area contributed by atoms with E-state index in [2.05, 4.69) is 5.32 Å². The topological polar surface area (TPSA) is 94.2 Å². The van der Waals surface area contributed by atoms with Crippen LogP contribution in [0.5, 0.6) is 11.5 Å². The number of carbonyl (C=O) groups is 1. The van der Waals surface area contributed by atoms with Crippen molar-refractivity contribution in [2.24, 2.45) is 0 Å². The van der Waals surface area contributed by atoms with Gasteiger partial charge >= 0.3 is 0 Å². The van der Waals surface area contributed by atoms with Crippen molar-refractivity contribution in [3.05, 3.63) is 48.0 Å². The molecule has 1 atom stereocenters. The molecule has 1 heterocycles. The lowest BCUT2D eigenvalue weighted by Crippen LogP contribution is -2.31. The average molecular weight is 477 g/mol. The van der Waals surface area contributed by atoms with Crippen molar-refractivity contribution in [2.45, 2.75) is 44.6 Å². The van der Waals surface area contributed by atoms with Gasteiger partial charge in [-0.2, -0.15) is 4.31 Å². The Morgan fingerprint density at radius 1 is 1.09 bits per heavy atom. The first-order valence-corrected chi connectivity index (χ1v) is 12.8. The second kappa shape index (κ2) is 11.5. The first-order chi connectivity index (χ1) is 15.9. The highest BCUT2D eigenvalue weighted by Gasteiger charge is 2.27. The fourth-order valence-electron chi connectivity index (χ4n) is 3.70. The molecular formula is C24H32N2O6S. The summed E-state index contributed by atoms with van der Waals surface area (Å²) in [6.45, 7) is 7.43. The van der Waals surface area contributed by atoms with Crippen molar-refractivity contribution in [3.63, 3.8) is 0 Å². The number of benzene rings is 2. The highest BCUT2D eigenvalue weighted by atomic mass is 32.2. The van der Waals surface area contributed by atoms with Gasteiger partial charge < -0.3 is 19.5 Å². The number of rotatable bonds is 11. The van der Waals surface area contributed by atoms with E-state index in [4.69, 9.17) is 14.2 Å². The molecule has 180 valence electrons. The Kier molecular flexibility index (Phi) is 8.71. The molecule has 0 bridgehead atoms. The Morgan fingerprint density at radius 2 is 1.85 bits per heavy atom. The lowest BCUT2D eigenvalue weighted by Gasteiger charge is -2.21. The Labute approximate surface area is 195 Å². The molecule has 0 aliphatic carbocycles. The minimum Gasteiger partial charge on any atom is -0.492 e. The van der Waals surface area contributed by atoms with Crippen molar-refractivity contribution in [3.8, 4) is 11.5 Å². The van der Waals surface area contributed by atoms with E-state index in [1.54, 1.807) is 57.2 Å². The number of amides is 1. The number of sulfonamides is 1. The highest BCUT2D eigenvalue weighted by Crippen LogP contribution is 2.31. The van der Waals surface area contributed by atoms with Crippen LogP contribution in [0, 0.1) is 0 Å². The zero-order chi connectivity index (χ0) is 23.8. The largest absolute Gasteiger partial charge is 0.492 e. The van der Waals surface area contributed by atoms with Crippen LogP contribution in [-0.4, -0.2) is 57.6 Å². The fraction of sp³-hybridized carbons (Fsp3) is 0.458. The van der Waals surface area contributed by atoms with Crippen LogP contribution in [0.3, 0.4) is 0 Å². The van der Waals surface area contributed by atoms with Crippen molar-refractivity contribution in [1.82, 2.24) is 4.31 Å². The molecule has 1 aliphatic rings. The summed E-state index contributed by atoms with van der Waals surface area (Å²) in [5, 5.41) is 2.79. The lowest BCUT2D eigenvalue weighted by atomic mass is 10.1. The van der Waals surface area contributed by atoms with Gasteiger partial charge in [0.15, 0.2) is 0 Å². The number of ether oxygens (including phenoxy) is 3. The van der Waals surface area contributed by atoms with E-state index in [-0.39, 0.29) is 16.7 Å². The second-order valence-corrected chi connectivity index (χ2v) is 9.49. The summed E-state index contributed by atoms with van der Waals surface area (Å²) in [4.78, 5) is 13.1. The number of anilines is 1. The molecule has 9 heteroatoms. The first kappa shape index (κ1) is 25.0. The molecule has 1 fully saturated rings. The maximum Gasteiger partial charge on any atom is 0.259 e. The lowest BCUT2D eigenvalue weighted by molar-refractivity contribution is 0.0673. The molecule has 2 aromatic carbocycles. The summed E-state index contributed by atoms with van der Waals surface area (Å²) in [5.74, 6) is 0.309. The van der Waals surface area contributed by atoms with Gasteiger partial charge in [-0.15, -0.1) is 0 Å². The van der Waals surface area contributed by atoms with Crippen LogP contribution in [-0.2, 0) is 14.8 Å². The second-order valence-electron chi connectivity index (χ2n) is 7.58. The first-order valence-electron chi connectivity index (χ1n) is 11.3. The van der Waals surface area contributed by atoms with E-state index < -0.39 is 15.9 Å². The van der Waals surface area contributed by atoms with Crippen LogP contribution < -0.4 is 14.8 Å². The summed E-state index contributed by atoms with van der Waals surface area (Å²) in [7, 11) is -3.78. The molecule has 0 saturated carbocycles. The molecule has 0 spiro atoms. The summed E-state index contributed by atoms with van der Waals surface area (Å²) < 4.78 is 44.7. The number of nitrogens with one attached hydrogen (secondary N) is 1. The zero-order valence-corrected chi connectivity index (χ0v) is 20.2. The average Bonchev–Trinajstić information content (AvgIpc) is 3.33. The predicted octanol–water partition coefficient (Wildman–Crippen LogP) is 3.93. The zero-order valence-electron chi connectivity index (χ0n) is 19.4. The molecular weight excluding hydrogens is 444 g/mol. The molecule has 1 aliphatic heterocycles. The third-order valence-corrected chi connectivity index (χ3v) is 7.48. The molecule has 8 nitrogen and oxygen atoms in total. The van der Waals surface area contributed by atoms with Crippen LogP contribution in [0.1, 0.15) is 44.0 Å². The van der Waals surface area contributed by atoms with Gasteiger partial charge in [-0.25, -0.2) is 8.42 Å². The summed E-state index contributed by atoms with van der Waals surface area (Å²) in [6, 6.07) is 11.6. The molecule has 1 saturated heterocycles. The minimum absolute atomic E-state index is 0.0220. The van der Waals surface area contributed by atoms with E-state index in [1.165, 1.54) is 10.4 Å². The number of carbonyl (C=O) groups excluding carboxylic acids is 1. The smallest absolute Gasteiger partial charge is 0.259 e. The molecule has 33 heavy (non-hydrogen) atoms. The molecule has 1 N–H and O–H groups in total. The van der Waals surface area contributed by atoms with Gasteiger partial charge in [0.1, 0.15) is 23.0 Å². The number of para-hydroxylation sites is 1. The van der Waals surface area contributed by atoms with E-state index >= 15 is 0 Å².